The zero-order chi connectivity index (χ0) is 15.0. The van der Waals surface area contributed by atoms with Gasteiger partial charge in [-0.05, 0) is 39.2 Å². The summed E-state index contributed by atoms with van der Waals surface area (Å²) in [6, 6.07) is 26.7. The van der Waals surface area contributed by atoms with E-state index in [0.29, 0.717) is 0 Å². The minimum atomic E-state index is 1.32. The second-order valence-corrected chi connectivity index (χ2v) is 7.26. The summed E-state index contributed by atoms with van der Waals surface area (Å²) in [6.45, 7) is 0. The lowest BCUT2D eigenvalue weighted by Gasteiger charge is -2.03. The maximum atomic E-state index is 2.37. The largest absolute Gasteiger partial charge is 0.134 e. The lowest BCUT2D eigenvalue weighted by molar-refractivity contribution is 1.78. The molecule has 6 rings (SSSR count). The molecule has 23 heavy (non-hydrogen) atoms. The first-order chi connectivity index (χ1) is 11.4. The molecule has 0 radical (unpaired) electrons. The van der Waals surface area contributed by atoms with E-state index in [-0.39, 0.29) is 0 Å². The van der Waals surface area contributed by atoms with E-state index in [1.54, 1.807) is 0 Å². The van der Waals surface area contributed by atoms with E-state index in [1.807, 2.05) is 11.3 Å². The molecule has 1 heteroatoms. The molecule has 106 valence electrons. The van der Waals surface area contributed by atoms with Gasteiger partial charge in [-0.3, -0.25) is 0 Å². The summed E-state index contributed by atoms with van der Waals surface area (Å²) in [5.41, 5.74) is 4.23. The van der Waals surface area contributed by atoms with E-state index in [0.717, 1.165) is 0 Å². The van der Waals surface area contributed by atoms with Gasteiger partial charge in [0.25, 0.3) is 0 Å². The molecule has 1 heterocycles. The van der Waals surface area contributed by atoms with Crippen LogP contribution < -0.4 is 0 Å². The topological polar surface area (TPSA) is 0 Å². The van der Waals surface area contributed by atoms with Crippen molar-refractivity contribution in [1.82, 2.24) is 0 Å². The van der Waals surface area contributed by atoms with E-state index in [4.69, 9.17) is 0 Å². The third-order valence-electron chi connectivity index (χ3n) is 4.97. The molecule has 1 aliphatic rings. The van der Waals surface area contributed by atoms with Gasteiger partial charge in [-0.25, -0.2) is 0 Å². The lowest BCUT2D eigenvalue weighted by atomic mass is 10.0. The smallest absolute Gasteiger partial charge is 0.0440 e. The zero-order valence-electron chi connectivity index (χ0n) is 12.3. The molecule has 5 aromatic rings. The Kier molecular flexibility index (Phi) is 2.07. The Morgan fingerprint density at radius 1 is 0.609 bits per heavy atom. The fraction of sp³-hybridized carbons (Fsp3) is 0. The van der Waals surface area contributed by atoms with Crippen molar-refractivity contribution in [3.8, 4) is 21.6 Å². The van der Waals surface area contributed by atoms with Gasteiger partial charge in [0.2, 0.25) is 0 Å². The molecule has 0 saturated carbocycles. The van der Waals surface area contributed by atoms with Crippen LogP contribution in [-0.4, -0.2) is 0 Å². The van der Waals surface area contributed by atoms with E-state index in [9.17, 15) is 0 Å². The Hall–Kier alpha value is -2.64. The molecule has 0 atom stereocenters. The molecule has 0 fully saturated rings. The number of hydrogen-bond donors (Lipinski definition) is 0. The van der Waals surface area contributed by atoms with Crippen molar-refractivity contribution in [1.29, 1.82) is 0 Å². The lowest BCUT2D eigenvalue weighted by Crippen LogP contribution is -1.77. The third kappa shape index (κ3) is 1.41. The molecule has 0 aliphatic heterocycles. The zero-order valence-corrected chi connectivity index (χ0v) is 13.2. The van der Waals surface area contributed by atoms with Crippen LogP contribution in [-0.2, 0) is 0 Å². The van der Waals surface area contributed by atoms with Crippen molar-refractivity contribution in [3.63, 3.8) is 0 Å². The van der Waals surface area contributed by atoms with Crippen LogP contribution in [0.3, 0.4) is 0 Å². The Morgan fingerprint density at radius 3 is 2.13 bits per heavy atom. The molecule has 0 spiro atoms. The van der Waals surface area contributed by atoms with Gasteiger partial charge in [0.1, 0.15) is 0 Å². The fourth-order valence-corrected chi connectivity index (χ4v) is 5.26. The van der Waals surface area contributed by atoms with Gasteiger partial charge in [-0.1, -0.05) is 60.7 Å². The summed E-state index contributed by atoms with van der Waals surface area (Å²) in [5.74, 6) is 0. The van der Waals surface area contributed by atoms with Crippen molar-refractivity contribution in [2.24, 2.45) is 0 Å². The van der Waals surface area contributed by atoms with Gasteiger partial charge in [-0.15, -0.1) is 11.3 Å². The van der Waals surface area contributed by atoms with Crippen LogP contribution in [0.2, 0.25) is 0 Å². The molecule has 0 N–H and O–H groups in total. The SMILES string of the molecule is c1ccc2cc3c4c(sc3cc2c1)-c1cccc2cccc-4c12. The van der Waals surface area contributed by atoms with Crippen molar-refractivity contribution < 1.29 is 0 Å². The average molecular weight is 308 g/mol. The number of hydrogen-bond acceptors (Lipinski definition) is 1. The van der Waals surface area contributed by atoms with Gasteiger partial charge < -0.3 is 0 Å². The third-order valence-corrected chi connectivity index (χ3v) is 6.16. The molecule has 0 saturated heterocycles. The van der Waals surface area contributed by atoms with Gasteiger partial charge >= 0.3 is 0 Å². The first kappa shape index (κ1) is 11.9. The van der Waals surface area contributed by atoms with Gasteiger partial charge in [0.15, 0.2) is 0 Å². The highest BCUT2D eigenvalue weighted by Crippen LogP contribution is 2.54. The van der Waals surface area contributed by atoms with Crippen LogP contribution >= 0.6 is 11.3 Å². The van der Waals surface area contributed by atoms with E-state index >= 15 is 0 Å². The molecule has 1 aromatic heterocycles. The predicted octanol–water partition coefficient (Wildman–Crippen LogP) is 6.86. The van der Waals surface area contributed by atoms with Crippen LogP contribution in [0.15, 0.2) is 72.8 Å². The Morgan fingerprint density at radius 2 is 1.30 bits per heavy atom. The summed E-state index contributed by atoms with van der Waals surface area (Å²) in [4.78, 5) is 1.43. The number of benzene rings is 4. The number of thiophene rings is 1. The van der Waals surface area contributed by atoms with E-state index in [2.05, 4.69) is 72.8 Å². The highest BCUT2D eigenvalue weighted by atomic mass is 32.1. The minimum Gasteiger partial charge on any atom is -0.134 e. The first-order valence-electron chi connectivity index (χ1n) is 7.88. The Bertz CT molecular complexity index is 1250. The van der Waals surface area contributed by atoms with Crippen LogP contribution in [0, 0.1) is 0 Å². The predicted molar refractivity (Wildman–Crippen MR) is 101 cm³/mol. The molecule has 4 aromatic carbocycles. The summed E-state index contributed by atoms with van der Waals surface area (Å²) in [6.07, 6.45) is 0. The van der Waals surface area contributed by atoms with Crippen LogP contribution in [0.25, 0.3) is 53.2 Å². The quantitative estimate of drug-likeness (QED) is 0.288. The van der Waals surface area contributed by atoms with Gasteiger partial charge in [-0.2, -0.15) is 0 Å². The van der Waals surface area contributed by atoms with Crippen molar-refractivity contribution >= 4 is 43.0 Å². The van der Waals surface area contributed by atoms with E-state index < -0.39 is 0 Å². The monoisotopic (exact) mass is 308 g/mol. The molecule has 0 bridgehead atoms. The standard InChI is InChI=1S/C22H12S/c1-2-6-15-12-19-18(11-14(15)5-1)21-16-9-3-7-13-8-4-10-17(20(13)16)22(21)23-19/h1-12H. The van der Waals surface area contributed by atoms with Crippen molar-refractivity contribution in [2.45, 2.75) is 0 Å². The summed E-state index contributed by atoms with van der Waals surface area (Å²) in [7, 11) is 0. The second kappa shape index (κ2) is 4.01. The summed E-state index contributed by atoms with van der Waals surface area (Å²) < 4.78 is 1.39. The Labute approximate surface area is 137 Å². The highest BCUT2D eigenvalue weighted by molar-refractivity contribution is 7.23. The molecular weight excluding hydrogens is 296 g/mol. The maximum absolute atomic E-state index is 2.37. The Balaban J connectivity index is 1.84. The number of fused-ring (bicyclic) bond motifs is 6. The maximum Gasteiger partial charge on any atom is 0.0440 e. The fourth-order valence-electron chi connectivity index (χ4n) is 3.98. The molecule has 1 aliphatic carbocycles. The van der Waals surface area contributed by atoms with Gasteiger partial charge in [0, 0.05) is 26.1 Å². The normalized spacial score (nSPS) is 12.3. The van der Waals surface area contributed by atoms with Crippen LogP contribution in [0.1, 0.15) is 0 Å². The van der Waals surface area contributed by atoms with Crippen LogP contribution in [0.5, 0.6) is 0 Å². The van der Waals surface area contributed by atoms with Gasteiger partial charge in [0.05, 0.1) is 0 Å². The van der Waals surface area contributed by atoms with Crippen LogP contribution in [0.4, 0.5) is 0 Å². The first-order valence-corrected chi connectivity index (χ1v) is 8.69. The highest BCUT2D eigenvalue weighted by Gasteiger charge is 2.25. The van der Waals surface area contributed by atoms with E-state index in [1.165, 1.54) is 53.2 Å². The molecule has 0 amide bonds. The summed E-state index contributed by atoms with van der Waals surface area (Å²) >= 11 is 1.93. The minimum absolute atomic E-state index is 1.32. The average Bonchev–Trinajstić information content (AvgIpc) is 3.10. The summed E-state index contributed by atoms with van der Waals surface area (Å²) in [5, 5.41) is 6.81. The molecule has 0 unspecified atom stereocenters. The van der Waals surface area contributed by atoms with Crippen molar-refractivity contribution in [2.75, 3.05) is 0 Å². The van der Waals surface area contributed by atoms with Crippen molar-refractivity contribution in [3.05, 3.63) is 72.8 Å². The second-order valence-electron chi connectivity index (χ2n) is 6.21. The number of rotatable bonds is 0. The molecule has 0 nitrogen and oxygen atoms in total. The molecular formula is C22H12S.